The third-order valence-electron chi connectivity index (χ3n) is 2.19. The first kappa shape index (κ1) is 13.2. The van der Waals surface area contributed by atoms with Crippen LogP contribution in [-0.4, -0.2) is 50.4 Å². The third kappa shape index (κ3) is 3.62. The van der Waals surface area contributed by atoms with Gasteiger partial charge in [-0.3, -0.25) is 5.43 Å². The zero-order valence-corrected chi connectivity index (χ0v) is 11.3. The van der Waals surface area contributed by atoms with Crippen LogP contribution < -0.4 is 10.7 Å². The van der Waals surface area contributed by atoms with Gasteiger partial charge in [-0.1, -0.05) is 6.92 Å². The highest BCUT2D eigenvalue weighted by molar-refractivity contribution is 5.37. The van der Waals surface area contributed by atoms with Crippen LogP contribution in [0.15, 0.2) is 18.5 Å². The van der Waals surface area contributed by atoms with E-state index in [1.165, 1.54) is 0 Å². The minimum atomic E-state index is 0.475. The van der Waals surface area contributed by atoms with E-state index in [2.05, 4.69) is 37.7 Å². The minimum Gasteiger partial charge on any atom is -0.354 e. The molecule has 0 aliphatic carbocycles. The van der Waals surface area contributed by atoms with E-state index in [9.17, 15) is 0 Å². The van der Waals surface area contributed by atoms with E-state index in [-0.39, 0.29) is 0 Å². The van der Waals surface area contributed by atoms with Crippen molar-refractivity contribution in [1.29, 1.82) is 0 Å². The lowest BCUT2D eigenvalue weighted by atomic mass is 10.5. The largest absolute Gasteiger partial charge is 0.354 e. The zero-order valence-electron chi connectivity index (χ0n) is 11.3. The van der Waals surface area contributed by atoms with Crippen LogP contribution in [0.4, 0.5) is 11.9 Å². The molecule has 2 rings (SSSR count). The standard InChI is InChI=1S/C11H18N8/c1-4-6-12-9-14-10(17-18(2)3)16-11(15-9)19-8-5-7-13-19/h5,7-8H,4,6H2,1-3H3,(H2,12,14,15,16,17). The van der Waals surface area contributed by atoms with Gasteiger partial charge in [-0.05, 0) is 12.5 Å². The fraction of sp³-hybridized carbons (Fsp3) is 0.455. The summed E-state index contributed by atoms with van der Waals surface area (Å²) in [6.07, 6.45) is 4.47. The third-order valence-corrected chi connectivity index (χ3v) is 2.19. The molecule has 2 aromatic rings. The molecular formula is C11H18N8. The van der Waals surface area contributed by atoms with Gasteiger partial charge in [0.1, 0.15) is 0 Å². The molecule has 0 aliphatic rings. The fourth-order valence-corrected chi connectivity index (χ4v) is 1.42. The number of nitrogens with one attached hydrogen (secondary N) is 2. The van der Waals surface area contributed by atoms with Crippen molar-refractivity contribution in [3.05, 3.63) is 18.5 Å². The van der Waals surface area contributed by atoms with E-state index < -0.39 is 0 Å². The molecule has 0 saturated heterocycles. The molecule has 8 heteroatoms. The van der Waals surface area contributed by atoms with E-state index in [4.69, 9.17) is 0 Å². The topological polar surface area (TPSA) is 83.8 Å². The smallest absolute Gasteiger partial charge is 0.257 e. The number of anilines is 2. The van der Waals surface area contributed by atoms with Gasteiger partial charge < -0.3 is 5.32 Å². The average Bonchev–Trinajstić information content (AvgIpc) is 2.89. The lowest BCUT2D eigenvalue weighted by Crippen LogP contribution is -2.23. The van der Waals surface area contributed by atoms with E-state index in [1.54, 1.807) is 22.1 Å². The van der Waals surface area contributed by atoms with Crippen molar-refractivity contribution < 1.29 is 0 Å². The summed E-state index contributed by atoms with van der Waals surface area (Å²) < 4.78 is 1.60. The predicted octanol–water partition coefficient (Wildman–Crippen LogP) is 0.768. The molecule has 2 aromatic heterocycles. The molecule has 0 atom stereocenters. The molecule has 0 spiro atoms. The minimum absolute atomic E-state index is 0.475. The summed E-state index contributed by atoms with van der Waals surface area (Å²) in [5.74, 6) is 1.48. The highest BCUT2D eigenvalue weighted by atomic mass is 15.5. The Morgan fingerprint density at radius 3 is 2.63 bits per heavy atom. The van der Waals surface area contributed by atoms with Crippen LogP contribution in [0.25, 0.3) is 5.95 Å². The summed E-state index contributed by atoms with van der Waals surface area (Å²) in [7, 11) is 3.74. The quantitative estimate of drug-likeness (QED) is 0.744. The van der Waals surface area contributed by atoms with Gasteiger partial charge in [0.15, 0.2) is 0 Å². The Morgan fingerprint density at radius 2 is 2.00 bits per heavy atom. The van der Waals surface area contributed by atoms with Crippen LogP contribution >= 0.6 is 0 Å². The maximum Gasteiger partial charge on any atom is 0.257 e. The van der Waals surface area contributed by atoms with Gasteiger partial charge >= 0.3 is 0 Å². The SMILES string of the molecule is CCCNc1nc(NN(C)C)nc(-n2cccn2)n1. The molecule has 0 radical (unpaired) electrons. The van der Waals surface area contributed by atoms with Crippen molar-refractivity contribution in [2.75, 3.05) is 31.4 Å². The first-order valence-electron chi connectivity index (χ1n) is 6.13. The van der Waals surface area contributed by atoms with Crippen LogP contribution in [0.1, 0.15) is 13.3 Å². The van der Waals surface area contributed by atoms with Crippen molar-refractivity contribution in [1.82, 2.24) is 29.7 Å². The first-order chi connectivity index (χ1) is 9.19. The Balaban J connectivity index is 2.31. The van der Waals surface area contributed by atoms with E-state index >= 15 is 0 Å². The van der Waals surface area contributed by atoms with Crippen molar-refractivity contribution in [2.24, 2.45) is 0 Å². The highest BCUT2D eigenvalue weighted by Crippen LogP contribution is 2.08. The summed E-state index contributed by atoms with van der Waals surface area (Å²) in [4.78, 5) is 12.9. The molecule has 0 unspecified atom stereocenters. The van der Waals surface area contributed by atoms with Crippen molar-refractivity contribution in [2.45, 2.75) is 13.3 Å². The number of aromatic nitrogens is 5. The molecule has 102 valence electrons. The monoisotopic (exact) mass is 262 g/mol. The van der Waals surface area contributed by atoms with Crippen LogP contribution in [0.3, 0.4) is 0 Å². The van der Waals surface area contributed by atoms with Gasteiger partial charge in [-0.15, -0.1) is 0 Å². The van der Waals surface area contributed by atoms with Gasteiger partial charge in [0, 0.05) is 33.0 Å². The molecule has 0 fully saturated rings. The normalized spacial score (nSPS) is 10.7. The second-order valence-electron chi connectivity index (χ2n) is 4.17. The molecule has 0 aliphatic heterocycles. The molecule has 0 saturated carbocycles. The van der Waals surface area contributed by atoms with Gasteiger partial charge in [-0.25, -0.2) is 9.69 Å². The Hall–Kier alpha value is -2.22. The number of hydrogen-bond donors (Lipinski definition) is 2. The molecular weight excluding hydrogens is 244 g/mol. The second-order valence-corrected chi connectivity index (χ2v) is 4.17. The summed E-state index contributed by atoms with van der Waals surface area (Å²) in [5, 5.41) is 9.04. The number of hydrazine groups is 1. The fourth-order valence-electron chi connectivity index (χ4n) is 1.42. The molecule has 0 amide bonds. The molecule has 0 bridgehead atoms. The van der Waals surface area contributed by atoms with E-state index in [0.29, 0.717) is 17.8 Å². The van der Waals surface area contributed by atoms with E-state index in [1.807, 2.05) is 20.2 Å². The Kier molecular flexibility index (Phi) is 4.24. The van der Waals surface area contributed by atoms with Gasteiger partial charge in [0.2, 0.25) is 11.9 Å². The number of nitrogens with zero attached hydrogens (tertiary/aromatic N) is 6. The Labute approximate surface area is 111 Å². The van der Waals surface area contributed by atoms with Gasteiger partial charge in [0.25, 0.3) is 5.95 Å². The first-order valence-corrected chi connectivity index (χ1v) is 6.13. The van der Waals surface area contributed by atoms with Gasteiger partial charge in [0.05, 0.1) is 0 Å². The summed E-state index contributed by atoms with van der Waals surface area (Å²) in [6.45, 7) is 2.89. The summed E-state index contributed by atoms with van der Waals surface area (Å²) in [5.41, 5.74) is 3.01. The predicted molar refractivity (Wildman–Crippen MR) is 73.0 cm³/mol. The lowest BCUT2D eigenvalue weighted by molar-refractivity contribution is 0.488. The lowest BCUT2D eigenvalue weighted by Gasteiger charge is -2.13. The number of rotatable bonds is 6. The molecule has 0 aromatic carbocycles. The zero-order chi connectivity index (χ0) is 13.7. The van der Waals surface area contributed by atoms with Crippen LogP contribution in [0.5, 0.6) is 0 Å². The maximum absolute atomic E-state index is 4.33. The molecule has 8 nitrogen and oxygen atoms in total. The van der Waals surface area contributed by atoms with Crippen LogP contribution in [0.2, 0.25) is 0 Å². The molecule has 19 heavy (non-hydrogen) atoms. The summed E-state index contributed by atoms with van der Waals surface area (Å²) in [6, 6.07) is 1.82. The van der Waals surface area contributed by atoms with Crippen LogP contribution in [-0.2, 0) is 0 Å². The van der Waals surface area contributed by atoms with E-state index in [0.717, 1.165) is 13.0 Å². The van der Waals surface area contributed by atoms with Crippen LogP contribution in [0, 0.1) is 0 Å². The second kappa shape index (κ2) is 6.10. The highest BCUT2D eigenvalue weighted by Gasteiger charge is 2.08. The van der Waals surface area contributed by atoms with Crippen molar-refractivity contribution in [3.63, 3.8) is 0 Å². The number of hydrogen-bond acceptors (Lipinski definition) is 7. The van der Waals surface area contributed by atoms with Gasteiger partial charge in [-0.2, -0.15) is 20.1 Å². The summed E-state index contributed by atoms with van der Waals surface area (Å²) >= 11 is 0. The molecule has 2 N–H and O–H groups in total. The Morgan fingerprint density at radius 1 is 1.21 bits per heavy atom. The maximum atomic E-state index is 4.33. The average molecular weight is 262 g/mol. The van der Waals surface area contributed by atoms with Crippen molar-refractivity contribution >= 4 is 11.9 Å². The Bertz CT molecular complexity index is 507. The van der Waals surface area contributed by atoms with Crippen molar-refractivity contribution in [3.8, 4) is 5.95 Å². The molecule has 2 heterocycles.